The van der Waals surface area contributed by atoms with Crippen LogP contribution in [0, 0.1) is 12.8 Å². The molecule has 27 heavy (non-hydrogen) atoms. The molecule has 1 atom stereocenters. The van der Waals surface area contributed by atoms with Crippen LogP contribution in [0.1, 0.15) is 28.8 Å². The van der Waals surface area contributed by atoms with Crippen molar-refractivity contribution in [3.63, 3.8) is 0 Å². The molecule has 2 aromatic rings. The predicted octanol–water partition coefficient (Wildman–Crippen LogP) is 0.674. The number of amides is 1. The van der Waals surface area contributed by atoms with E-state index >= 15 is 0 Å². The molecule has 2 aromatic heterocycles. The van der Waals surface area contributed by atoms with Crippen molar-refractivity contribution >= 4 is 5.91 Å². The van der Waals surface area contributed by atoms with Gasteiger partial charge in [0.15, 0.2) is 0 Å². The smallest absolute Gasteiger partial charge is 0.350 e. The molecule has 0 radical (unpaired) electrons. The monoisotopic (exact) mass is 387 g/mol. The Morgan fingerprint density at radius 1 is 1.22 bits per heavy atom. The molecule has 1 N–H and O–H groups in total. The van der Waals surface area contributed by atoms with Gasteiger partial charge in [0.05, 0.1) is 5.69 Å². The summed E-state index contributed by atoms with van der Waals surface area (Å²) >= 11 is 0. The van der Waals surface area contributed by atoms with Crippen LogP contribution in [0.2, 0.25) is 0 Å². The molecule has 0 aliphatic rings. The summed E-state index contributed by atoms with van der Waals surface area (Å²) in [5.41, 5.74) is -2.01. The second kappa shape index (κ2) is 7.41. The fourth-order valence-electron chi connectivity index (χ4n) is 2.58. The molecular weight excluding hydrogens is 367 g/mol. The Bertz CT molecular complexity index is 971. The van der Waals surface area contributed by atoms with Crippen molar-refractivity contribution < 1.29 is 18.0 Å². The molecule has 1 amide bonds. The molecule has 0 fully saturated rings. The standard InChI is InChI=1S/C16H20F3N5O3/c1-9(8-24-12(16(17,18)19)5-10(2)21-24)7-20-14(26)11-6-13(25)23(4)15(27)22(11)3/h5-6,9H,7-8H2,1-4H3,(H,20,26). The van der Waals surface area contributed by atoms with E-state index in [0.717, 1.165) is 25.9 Å². The Kier molecular flexibility index (Phi) is 5.62. The van der Waals surface area contributed by atoms with Crippen LogP contribution >= 0.6 is 0 Å². The van der Waals surface area contributed by atoms with E-state index in [1.165, 1.54) is 21.0 Å². The third kappa shape index (κ3) is 4.47. The van der Waals surface area contributed by atoms with Gasteiger partial charge in [-0.3, -0.25) is 23.4 Å². The zero-order chi connectivity index (χ0) is 20.5. The first-order chi connectivity index (χ1) is 12.4. The summed E-state index contributed by atoms with van der Waals surface area (Å²) in [6, 6.07) is 1.99. The van der Waals surface area contributed by atoms with E-state index < -0.39 is 29.0 Å². The maximum Gasteiger partial charge on any atom is 0.433 e. The zero-order valence-corrected chi connectivity index (χ0v) is 15.3. The quantitative estimate of drug-likeness (QED) is 0.817. The number of hydrogen-bond donors (Lipinski definition) is 1. The molecule has 0 spiro atoms. The van der Waals surface area contributed by atoms with E-state index in [-0.39, 0.29) is 30.4 Å². The van der Waals surface area contributed by atoms with Gasteiger partial charge in [-0.1, -0.05) is 6.92 Å². The SMILES string of the molecule is Cc1cc(C(F)(F)F)n(CC(C)CNC(=O)c2cc(=O)n(C)c(=O)n2C)n1. The van der Waals surface area contributed by atoms with E-state index in [0.29, 0.717) is 0 Å². The number of aryl methyl sites for hydroxylation is 1. The number of carbonyl (C=O) groups excluding carboxylic acids is 1. The second-order valence-electron chi connectivity index (χ2n) is 6.43. The Morgan fingerprint density at radius 3 is 2.44 bits per heavy atom. The average Bonchev–Trinajstić information content (AvgIpc) is 2.94. The molecule has 0 aliphatic heterocycles. The van der Waals surface area contributed by atoms with Crippen LogP contribution in [-0.2, 0) is 26.8 Å². The first-order valence-electron chi connectivity index (χ1n) is 8.08. The molecule has 1 unspecified atom stereocenters. The highest BCUT2D eigenvalue weighted by Crippen LogP contribution is 2.30. The Labute approximate surface area is 152 Å². The number of rotatable bonds is 5. The van der Waals surface area contributed by atoms with E-state index in [1.54, 1.807) is 6.92 Å². The van der Waals surface area contributed by atoms with Gasteiger partial charge in [0.2, 0.25) is 0 Å². The van der Waals surface area contributed by atoms with Crippen LogP contribution in [0.25, 0.3) is 0 Å². The topological polar surface area (TPSA) is 90.9 Å². The largest absolute Gasteiger partial charge is 0.433 e. The third-order valence-electron chi connectivity index (χ3n) is 4.05. The number of hydrogen-bond acceptors (Lipinski definition) is 4. The summed E-state index contributed by atoms with van der Waals surface area (Å²) < 4.78 is 41.8. The van der Waals surface area contributed by atoms with Crippen LogP contribution in [0.4, 0.5) is 13.2 Å². The molecule has 11 heteroatoms. The minimum absolute atomic E-state index is 0.0401. The van der Waals surface area contributed by atoms with Gasteiger partial charge < -0.3 is 5.32 Å². The molecule has 148 valence electrons. The van der Waals surface area contributed by atoms with Crippen LogP contribution < -0.4 is 16.6 Å². The number of carbonyl (C=O) groups is 1. The first kappa shape index (κ1) is 20.5. The van der Waals surface area contributed by atoms with E-state index in [1.807, 2.05) is 0 Å². The number of aromatic nitrogens is 4. The maximum atomic E-state index is 13.0. The number of alkyl halides is 3. The van der Waals surface area contributed by atoms with Gasteiger partial charge >= 0.3 is 11.9 Å². The van der Waals surface area contributed by atoms with Gasteiger partial charge in [-0.25, -0.2) is 4.79 Å². The van der Waals surface area contributed by atoms with Crippen molar-refractivity contribution in [2.24, 2.45) is 20.0 Å². The third-order valence-corrected chi connectivity index (χ3v) is 4.05. The minimum atomic E-state index is -4.52. The molecule has 0 bridgehead atoms. The molecular formula is C16H20F3N5O3. The van der Waals surface area contributed by atoms with Crippen molar-refractivity contribution in [3.05, 3.63) is 50.1 Å². The van der Waals surface area contributed by atoms with E-state index in [4.69, 9.17) is 0 Å². The van der Waals surface area contributed by atoms with Crippen LogP contribution in [0.3, 0.4) is 0 Å². The van der Waals surface area contributed by atoms with Crippen molar-refractivity contribution in [2.45, 2.75) is 26.6 Å². The summed E-state index contributed by atoms with van der Waals surface area (Å²) in [6.45, 7) is 3.10. The summed E-state index contributed by atoms with van der Waals surface area (Å²) in [6.07, 6.45) is -4.52. The normalized spacial score (nSPS) is 12.9. The lowest BCUT2D eigenvalue weighted by Gasteiger charge is -2.16. The zero-order valence-electron chi connectivity index (χ0n) is 15.3. The van der Waals surface area contributed by atoms with Gasteiger partial charge in [0.25, 0.3) is 11.5 Å². The second-order valence-corrected chi connectivity index (χ2v) is 6.43. The Hall–Kier alpha value is -2.85. The lowest BCUT2D eigenvalue weighted by molar-refractivity contribution is -0.144. The summed E-state index contributed by atoms with van der Waals surface area (Å²) in [5, 5.41) is 6.37. The first-order valence-corrected chi connectivity index (χ1v) is 8.08. The molecule has 8 nitrogen and oxygen atoms in total. The fraction of sp³-hybridized carbons (Fsp3) is 0.500. The van der Waals surface area contributed by atoms with Crippen LogP contribution in [0.15, 0.2) is 21.7 Å². The van der Waals surface area contributed by atoms with Gasteiger partial charge in [-0.2, -0.15) is 18.3 Å². The predicted molar refractivity (Wildman–Crippen MR) is 90.4 cm³/mol. The lowest BCUT2D eigenvalue weighted by Crippen LogP contribution is -2.42. The highest BCUT2D eigenvalue weighted by molar-refractivity contribution is 5.92. The van der Waals surface area contributed by atoms with E-state index in [2.05, 4.69) is 10.4 Å². The summed E-state index contributed by atoms with van der Waals surface area (Å²) in [7, 11) is 2.64. The Morgan fingerprint density at radius 2 is 1.85 bits per heavy atom. The fourth-order valence-corrected chi connectivity index (χ4v) is 2.58. The van der Waals surface area contributed by atoms with Gasteiger partial charge in [0, 0.05) is 33.3 Å². The summed E-state index contributed by atoms with van der Waals surface area (Å²) in [5.74, 6) is -1.04. The number of nitrogens with one attached hydrogen (secondary N) is 1. The molecule has 2 heterocycles. The van der Waals surface area contributed by atoms with Crippen molar-refractivity contribution in [2.75, 3.05) is 6.54 Å². The molecule has 0 aliphatic carbocycles. The molecule has 0 saturated carbocycles. The van der Waals surface area contributed by atoms with Crippen molar-refractivity contribution in [1.29, 1.82) is 0 Å². The lowest BCUT2D eigenvalue weighted by atomic mass is 10.1. The van der Waals surface area contributed by atoms with Crippen LogP contribution in [0.5, 0.6) is 0 Å². The Balaban J connectivity index is 2.09. The maximum absolute atomic E-state index is 13.0. The van der Waals surface area contributed by atoms with Crippen LogP contribution in [-0.4, -0.2) is 31.4 Å². The average molecular weight is 387 g/mol. The van der Waals surface area contributed by atoms with Gasteiger partial charge in [0.1, 0.15) is 11.4 Å². The van der Waals surface area contributed by atoms with E-state index in [9.17, 15) is 27.6 Å². The molecule has 0 aromatic carbocycles. The van der Waals surface area contributed by atoms with Crippen molar-refractivity contribution in [3.8, 4) is 0 Å². The number of halogens is 3. The number of nitrogens with zero attached hydrogens (tertiary/aromatic N) is 4. The van der Waals surface area contributed by atoms with Crippen molar-refractivity contribution in [1.82, 2.24) is 24.2 Å². The summed E-state index contributed by atoms with van der Waals surface area (Å²) in [4.78, 5) is 35.8. The minimum Gasteiger partial charge on any atom is -0.350 e. The van der Waals surface area contributed by atoms with Gasteiger partial charge in [-0.15, -0.1) is 0 Å². The molecule has 0 saturated heterocycles. The van der Waals surface area contributed by atoms with Gasteiger partial charge in [-0.05, 0) is 18.9 Å². The molecule has 2 rings (SSSR count). The highest BCUT2D eigenvalue weighted by atomic mass is 19.4. The highest BCUT2D eigenvalue weighted by Gasteiger charge is 2.35.